The molecule has 1 aliphatic heterocycles. The molecule has 27 heavy (non-hydrogen) atoms. The van der Waals surface area contributed by atoms with Crippen molar-refractivity contribution in [3.8, 4) is 0 Å². The van der Waals surface area contributed by atoms with E-state index in [2.05, 4.69) is 11.8 Å². The lowest BCUT2D eigenvalue weighted by atomic mass is 10.1. The molecule has 1 aromatic heterocycles. The van der Waals surface area contributed by atoms with E-state index in [0.29, 0.717) is 22.5 Å². The average Bonchev–Trinajstić information content (AvgIpc) is 3.31. The van der Waals surface area contributed by atoms with Gasteiger partial charge in [0.25, 0.3) is 5.56 Å². The van der Waals surface area contributed by atoms with E-state index in [9.17, 15) is 13.2 Å². The SMILES string of the molecule is CCC1CCN(c2c(F)cc3cc(S(C)(=O)=O)c(=O)n(C4CC4)c3c2C)C1. The van der Waals surface area contributed by atoms with E-state index in [4.69, 9.17) is 0 Å². The molecule has 5 nitrogen and oxygen atoms in total. The summed E-state index contributed by atoms with van der Waals surface area (Å²) in [5.74, 6) is 0.204. The molecule has 0 radical (unpaired) electrons. The molecule has 1 saturated heterocycles. The van der Waals surface area contributed by atoms with Gasteiger partial charge in [0.2, 0.25) is 0 Å². The number of rotatable bonds is 4. The summed E-state index contributed by atoms with van der Waals surface area (Å²) in [6.45, 7) is 5.61. The highest BCUT2D eigenvalue weighted by Gasteiger charge is 2.32. The summed E-state index contributed by atoms with van der Waals surface area (Å²) in [4.78, 5) is 14.8. The van der Waals surface area contributed by atoms with Crippen molar-refractivity contribution in [3.05, 3.63) is 33.9 Å². The predicted octanol–water partition coefficient (Wildman–Crippen LogP) is 3.42. The van der Waals surface area contributed by atoms with Gasteiger partial charge in [-0.2, -0.15) is 0 Å². The molecule has 2 heterocycles. The van der Waals surface area contributed by atoms with Crippen molar-refractivity contribution >= 4 is 26.4 Å². The number of hydrogen-bond acceptors (Lipinski definition) is 4. The minimum absolute atomic E-state index is 0.000629. The number of halogens is 1. The molecule has 2 fully saturated rings. The highest BCUT2D eigenvalue weighted by atomic mass is 32.2. The van der Waals surface area contributed by atoms with E-state index in [-0.39, 0.29) is 16.8 Å². The summed E-state index contributed by atoms with van der Waals surface area (Å²) >= 11 is 0. The number of benzene rings is 1. The fourth-order valence-electron chi connectivity index (χ4n) is 4.34. The van der Waals surface area contributed by atoms with Crippen molar-refractivity contribution < 1.29 is 12.8 Å². The Morgan fingerprint density at radius 3 is 2.48 bits per heavy atom. The number of hydrogen-bond donors (Lipinski definition) is 0. The van der Waals surface area contributed by atoms with Gasteiger partial charge in [-0.1, -0.05) is 13.3 Å². The summed E-state index contributed by atoms with van der Waals surface area (Å²) in [6, 6.07) is 2.73. The zero-order valence-corrected chi connectivity index (χ0v) is 16.8. The first kappa shape index (κ1) is 18.5. The van der Waals surface area contributed by atoms with E-state index in [1.54, 1.807) is 4.57 Å². The molecule has 0 amide bonds. The molecule has 1 aliphatic carbocycles. The molecule has 4 rings (SSSR count). The van der Waals surface area contributed by atoms with Crippen LogP contribution in [0.3, 0.4) is 0 Å². The molecule has 0 spiro atoms. The zero-order chi connectivity index (χ0) is 19.5. The number of anilines is 1. The van der Waals surface area contributed by atoms with Gasteiger partial charge < -0.3 is 9.47 Å². The number of aryl methyl sites for hydroxylation is 1. The maximum atomic E-state index is 15.1. The molecule has 2 aromatic rings. The first-order valence-electron chi connectivity index (χ1n) is 9.55. The second-order valence-electron chi connectivity index (χ2n) is 7.97. The van der Waals surface area contributed by atoms with E-state index >= 15 is 4.39 Å². The molecule has 1 aromatic carbocycles. The Morgan fingerprint density at radius 1 is 1.22 bits per heavy atom. The molecular formula is C20H25FN2O3S. The molecule has 0 N–H and O–H groups in total. The molecule has 2 aliphatic rings. The third-order valence-electron chi connectivity index (χ3n) is 5.94. The van der Waals surface area contributed by atoms with Crippen LogP contribution in [0, 0.1) is 18.7 Å². The quantitative estimate of drug-likeness (QED) is 0.800. The van der Waals surface area contributed by atoms with E-state index in [1.807, 2.05) is 6.92 Å². The van der Waals surface area contributed by atoms with Gasteiger partial charge in [-0.15, -0.1) is 0 Å². The van der Waals surface area contributed by atoms with Gasteiger partial charge in [-0.3, -0.25) is 4.79 Å². The third kappa shape index (κ3) is 3.06. The van der Waals surface area contributed by atoms with Crippen molar-refractivity contribution in [2.75, 3.05) is 24.2 Å². The third-order valence-corrected chi connectivity index (χ3v) is 7.03. The molecule has 1 atom stereocenters. The van der Waals surface area contributed by atoms with Crippen LogP contribution in [0.4, 0.5) is 10.1 Å². The maximum absolute atomic E-state index is 15.1. The number of fused-ring (bicyclic) bond motifs is 1. The highest BCUT2D eigenvalue weighted by molar-refractivity contribution is 7.90. The first-order chi connectivity index (χ1) is 12.7. The second-order valence-corrected chi connectivity index (χ2v) is 9.95. The van der Waals surface area contributed by atoms with Crippen LogP contribution in [-0.2, 0) is 9.84 Å². The number of aromatic nitrogens is 1. The first-order valence-corrected chi connectivity index (χ1v) is 11.4. The highest BCUT2D eigenvalue weighted by Crippen LogP contribution is 2.40. The number of pyridine rings is 1. The molecule has 146 valence electrons. The monoisotopic (exact) mass is 392 g/mol. The predicted molar refractivity (Wildman–Crippen MR) is 105 cm³/mol. The normalized spacial score (nSPS) is 20.6. The van der Waals surface area contributed by atoms with Crippen molar-refractivity contribution in [1.29, 1.82) is 0 Å². The van der Waals surface area contributed by atoms with Gasteiger partial charge in [0, 0.05) is 30.8 Å². The fraction of sp³-hybridized carbons (Fsp3) is 0.550. The molecule has 7 heteroatoms. The van der Waals surface area contributed by atoms with E-state index in [0.717, 1.165) is 50.6 Å². The van der Waals surface area contributed by atoms with Gasteiger partial charge in [0.05, 0.1) is 11.2 Å². The van der Waals surface area contributed by atoms with Gasteiger partial charge >= 0.3 is 0 Å². The van der Waals surface area contributed by atoms with Crippen LogP contribution in [0.2, 0.25) is 0 Å². The average molecular weight is 392 g/mol. The lowest BCUT2D eigenvalue weighted by Gasteiger charge is -2.24. The second kappa shape index (κ2) is 6.33. The van der Waals surface area contributed by atoms with Crippen LogP contribution in [0.15, 0.2) is 21.8 Å². The Morgan fingerprint density at radius 2 is 1.93 bits per heavy atom. The number of nitrogens with zero attached hydrogens (tertiary/aromatic N) is 2. The van der Waals surface area contributed by atoms with E-state index < -0.39 is 15.4 Å². The Hall–Kier alpha value is -1.89. The van der Waals surface area contributed by atoms with Crippen molar-refractivity contribution in [1.82, 2.24) is 4.57 Å². The maximum Gasteiger partial charge on any atom is 0.270 e. The Labute approximate surface area is 158 Å². The topological polar surface area (TPSA) is 59.4 Å². The lowest BCUT2D eigenvalue weighted by molar-refractivity contribution is 0.566. The van der Waals surface area contributed by atoms with Crippen molar-refractivity contribution in [2.45, 2.75) is 50.5 Å². The van der Waals surface area contributed by atoms with Gasteiger partial charge in [-0.05, 0) is 49.8 Å². The minimum atomic E-state index is -3.68. The Bertz CT molecular complexity index is 1090. The zero-order valence-electron chi connectivity index (χ0n) is 16.0. The van der Waals surface area contributed by atoms with Crippen LogP contribution in [0.25, 0.3) is 10.9 Å². The van der Waals surface area contributed by atoms with Crippen LogP contribution < -0.4 is 10.5 Å². The fourth-order valence-corrected chi connectivity index (χ4v) is 5.09. The lowest BCUT2D eigenvalue weighted by Crippen LogP contribution is -2.27. The van der Waals surface area contributed by atoms with Gasteiger partial charge in [0.1, 0.15) is 10.7 Å². The van der Waals surface area contributed by atoms with Crippen LogP contribution in [-0.4, -0.2) is 32.3 Å². The summed E-state index contributed by atoms with van der Waals surface area (Å²) in [7, 11) is -3.68. The standard InChI is InChI=1S/C20H25FN2O3S/c1-4-13-7-8-22(11-13)19-12(2)18-14(9-16(19)21)10-17(27(3,25)26)20(24)23(18)15-5-6-15/h9-10,13,15H,4-8,11H2,1-3H3. The summed E-state index contributed by atoms with van der Waals surface area (Å²) in [5, 5.41) is 0.479. The summed E-state index contributed by atoms with van der Waals surface area (Å²) < 4.78 is 40.8. The van der Waals surface area contributed by atoms with Gasteiger partial charge in [-0.25, -0.2) is 12.8 Å². The Kier molecular flexibility index (Phi) is 4.33. The van der Waals surface area contributed by atoms with Gasteiger partial charge in [0.15, 0.2) is 9.84 Å². The number of sulfone groups is 1. The molecular weight excluding hydrogens is 367 g/mol. The summed E-state index contributed by atoms with van der Waals surface area (Å²) in [6.07, 6.45) is 4.82. The van der Waals surface area contributed by atoms with Crippen molar-refractivity contribution in [2.24, 2.45) is 5.92 Å². The molecule has 1 saturated carbocycles. The molecule has 1 unspecified atom stereocenters. The minimum Gasteiger partial charge on any atom is -0.369 e. The largest absolute Gasteiger partial charge is 0.369 e. The van der Waals surface area contributed by atoms with Crippen molar-refractivity contribution in [3.63, 3.8) is 0 Å². The summed E-state index contributed by atoms with van der Waals surface area (Å²) in [5.41, 5.74) is 1.47. The van der Waals surface area contributed by atoms with Crippen LogP contribution >= 0.6 is 0 Å². The smallest absolute Gasteiger partial charge is 0.270 e. The van der Waals surface area contributed by atoms with E-state index in [1.165, 1.54) is 12.1 Å². The van der Waals surface area contributed by atoms with Crippen LogP contribution in [0.1, 0.15) is 44.2 Å². The molecule has 0 bridgehead atoms. The van der Waals surface area contributed by atoms with Crippen LogP contribution in [0.5, 0.6) is 0 Å². The Balaban J connectivity index is 2.00.